The van der Waals surface area contributed by atoms with Gasteiger partial charge >= 0.3 is 0 Å². The number of benzene rings is 3. The van der Waals surface area contributed by atoms with Crippen LogP contribution in [-0.2, 0) is 17.8 Å². The highest BCUT2D eigenvalue weighted by Gasteiger charge is 2.11. The number of nitrogens with zero attached hydrogens (tertiary/aromatic N) is 1. The van der Waals surface area contributed by atoms with Gasteiger partial charge in [-0.25, -0.2) is 4.98 Å². The highest BCUT2D eigenvalue weighted by molar-refractivity contribution is 7.18. The molecule has 4 nitrogen and oxygen atoms in total. The number of para-hydroxylation sites is 1. The minimum atomic E-state index is -0.0479. The van der Waals surface area contributed by atoms with Crippen molar-refractivity contribution in [3.63, 3.8) is 0 Å². The van der Waals surface area contributed by atoms with Gasteiger partial charge in [0.1, 0.15) is 10.8 Å². The predicted molar refractivity (Wildman–Crippen MR) is 114 cm³/mol. The Morgan fingerprint density at radius 1 is 1.00 bits per heavy atom. The monoisotopic (exact) mass is 388 g/mol. The van der Waals surface area contributed by atoms with Crippen molar-refractivity contribution in [3.8, 4) is 16.9 Å². The van der Waals surface area contributed by atoms with Gasteiger partial charge in [-0.15, -0.1) is 11.3 Å². The molecule has 28 heavy (non-hydrogen) atoms. The van der Waals surface area contributed by atoms with E-state index in [-0.39, 0.29) is 12.3 Å². The molecule has 3 aromatic carbocycles. The van der Waals surface area contributed by atoms with Gasteiger partial charge < -0.3 is 10.1 Å². The number of carbonyl (C=O) groups is 1. The zero-order chi connectivity index (χ0) is 19.3. The summed E-state index contributed by atoms with van der Waals surface area (Å²) in [6.45, 7) is 0.436. The lowest BCUT2D eigenvalue weighted by Crippen LogP contribution is -2.24. The molecule has 0 fully saturated rings. The molecule has 1 N–H and O–H groups in total. The molecule has 1 heterocycles. The summed E-state index contributed by atoms with van der Waals surface area (Å²) in [7, 11) is 1.63. The number of amides is 1. The van der Waals surface area contributed by atoms with E-state index in [9.17, 15) is 4.79 Å². The van der Waals surface area contributed by atoms with E-state index in [4.69, 9.17) is 4.74 Å². The number of thiazole rings is 1. The zero-order valence-corrected chi connectivity index (χ0v) is 16.3. The normalized spacial score (nSPS) is 10.8. The van der Waals surface area contributed by atoms with E-state index in [0.717, 1.165) is 32.1 Å². The molecule has 1 aromatic heterocycles. The van der Waals surface area contributed by atoms with Crippen molar-refractivity contribution in [3.05, 3.63) is 83.4 Å². The van der Waals surface area contributed by atoms with Crippen LogP contribution in [0.2, 0.25) is 0 Å². The average Bonchev–Trinajstić information content (AvgIpc) is 3.14. The highest BCUT2D eigenvalue weighted by Crippen LogP contribution is 2.28. The van der Waals surface area contributed by atoms with Crippen molar-refractivity contribution >= 4 is 27.5 Å². The van der Waals surface area contributed by atoms with E-state index in [1.165, 1.54) is 5.56 Å². The fourth-order valence-electron chi connectivity index (χ4n) is 3.10. The Hall–Kier alpha value is -3.18. The van der Waals surface area contributed by atoms with E-state index in [1.807, 2.05) is 48.5 Å². The van der Waals surface area contributed by atoms with Gasteiger partial charge in [-0.1, -0.05) is 54.6 Å². The van der Waals surface area contributed by atoms with Crippen molar-refractivity contribution < 1.29 is 9.53 Å². The topological polar surface area (TPSA) is 51.2 Å². The van der Waals surface area contributed by atoms with E-state index in [1.54, 1.807) is 18.4 Å². The minimum Gasteiger partial charge on any atom is -0.496 e. The SMILES string of the molecule is COc1ccccc1CNC(=O)Cc1nc2ccc(-c3ccccc3)cc2s1. The second kappa shape index (κ2) is 8.23. The van der Waals surface area contributed by atoms with Crippen LogP contribution in [-0.4, -0.2) is 18.0 Å². The number of hydrogen-bond acceptors (Lipinski definition) is 4. The number of aromatic nitrogens is 1. The van der Waals surface area contributed by atoms with Crippen molar-refractivity contribution in [1.82, 2.24) is 10.3 Å². The van der Waals surface area contributed by atoms with E-state index in [0.29, 0.717) is 6.54 Å². The molecule has 0 aliphatic rings. The Kier molecular flexibility index (Phi) is 5.35. The number of carbonyl (C=O) groups excluding carboxylic acids is 1. The molecule has 0 aliphatic heterocycles. The van der Waals surface area contributed by atoms with Gasteiger partial charge in [0, 0.05) is 12.1 Å². The maximum Gasteiger partial charge on any atom is 0.227 e. The first-order valence-electron chi connectivity index (χ1n) is 9.06. The third-order valence-electron chi connectivity index (χ3n) is 4.52. The predicted octanol–water partition coefficient (Wildman–Crippen LogP) is 4.83. The largest absolute Gasteiger partial charge is 0.496 e. The molecule has 5 heteroatoms. The number of ether oxygens (including phenoxy) is 1. The zero-order valence-electron chi connectivity index (χ0n) is 15.5. The summed E-state index contributed by atoms with van der Waals surface area (Å²) in [5.74, 6) is 0.726. The number of fused-ring (bicyclic) bond motifs is 1. The maximum atomic E-state index is 12.4. The molecule has 0 aliphatic carbocycles. The molecule has 0 radical (unpaired) electrons. The second-order valence-corrected chi connectivity index (χ2v) is 7.54. The molecular weight excluding hydrogens is 368 g/mol. The molecule has 0 bridgehead atoms. The van der Waals surface area contributed by atoms with Crippen LogP contribution in [0.25, 0.3) is 21.3 Å². The molecule has 4 rings (SSSR count). The third kappa shape index (κ3) is 4.05. The van der Waals surface area contributed by atoms with Crippen LogP contribution < -0.4 is 10.1 Å². The Balaban J connectivity index is 1.45. The van der Waals surface area contributed by atoms with Crippen molar-refractivity contribution in [2.45, 2.75) is 13.0 Å². The van der Waals surface area contributed by atoms with Gasteiger partial charge in [-0.05, 0) is 29.3 Å². The fourth-order valence-corrected chi connectivity index (χ4v) is 4.11. The van der Waals surface area contributed by atoms with Crippen molar-refractivity contribution in [1.29, 1.82) is 0 Å². The lowest BCUT2D eigenvalue weighted by Gasteiger charge is -2.08. The molecule has 1 amide bonds. The molecule has 140 valence electrons. The summed E-state index contributed by atoms with van der Waals surface area (Å²) in [5, 5.41) is 3.77. The van der Waals surface area contributed by atoms with E-state index >= 15 is 0 Å². The summed E-state index contributed by atoms with van der Waals surface area (Å²) in [6.07, 6.45) is 0.273. The lowest BCUT2D eigenvalue weighted by atomic mass is 10.1. The second-order valence-electron chi connectivity index (χ2n) is 6.42. The Morgan fingerprint density at radius 2 is 1.79 bits per heavy atom. The van der Waals surface area contributed by atoms with Gasteiger partial charge in [-0.3, -0.25) is 4.79 Å². The number of hydrogen-bond donors (Lipinski definition) is 1. The van der Waals surface area contributed by atoms with Crippen LogP contribution in [0, 0.1) is 0 Å². The third-order valence-corrected chi connectivity index (χ3v) is 5.54. The van der Waals surface area contributed by atoms with E-state index in [2.05, 4.69) is 34.6 Å². The maximum absolute atomic E-state index is 12.4. The van der Waals surface area contributed by atoms with Crippen molar-refractivity contribution in [2.24, 2.45) is 0 Å². The van der Waals surface area contributed by atoms with Crippen LogP contribution in [0.3, 0.4) is 0 Å². The van der Waals surface area contributed by atoms with Gasteiger partial charge in [0.15, 0.2) is 0 Å². The quantitative estimate of drug-likeness (QED) is 0.515. The summed E-state index contributed by atoms with van der Waals surface area (Å²) < 4.78 is 6.41. The first-order valence-corrected chi connectivity index (χ1v) is 9.88. The Morgan fingerprint density at radius 3 is 2.61 bits per heavy atom. The van der Waals surface area contributed by atoms with Gasteiger partial charge in [0.05, 0.1) is 23.7 Å². The number of nitrogens with one attached hydrogen (secondary N) is 1. The summed E-state index contributed by atoms with van der Waals surface area (Å²) in [4.78, 5) is 17.0. The summed E-state index contributed by atoms with van der Waals surface area (Å²) >= 11 is 1.57. The standard InChI is InChI=1S/C23H20N2O2S/c1-27-20-10-6-5-9-18(20)15-24-22(26)14-23-25-19-12-11-17(13-21(19)28-23)16-7-3-2-4-8-16/h2-13H,14-15H2,1H3,(H,24,26). The Bertz CT molecular complexity index is 1110. The first-order chi connectivity index (χ1) is 13.7. The van der Waals surface area contributed by atoms with Gasteiger partial charge in [0.25, 0.3) is 0 Å². The van der Waals surface area contributed by atoms with Crippen LogP contribution >= 0.6 is 11.3 Å². The smallest absolute Gasteiger partial charge is 0.227 e. The van der Waals surface area contributed by atoms with Crippen molar-refractivity contribution in [2.75, 3.05) is 7.11 Å². The molecular formula is C23H20N2O2S. The van der Waals surface area contributed by atoms with Gasteiger partial charge in [-0.2, -0.15) is 0 Å². The highest BCUT2D eigenvalue weighted by atomic mass is 32.1. The summed E-state index contributed by atoms with van der Waals surface area (Å²) in [6, 6.07) is 24.2. The number of rotatable bonds is 6. The average molecular weight is 388 g/mol. The molecule has 0 unspecified atom stereocenters. The molecule has 0 saturated carbocycles. The number of methoxy groups -OCH3 is 1. The van der Waals surface area contributed by atoms with E-state index < -0.39 is 0 Å². The van der Waals surface area contributed by atoms with Crippen LogP contribution in [0.1, 0.15) is 10.6 Å². The molecule has 0 spiro atoms. The lowest BCUT2D eigenvalue weighted by molar-refractivity contribution is -0.120. The Labute approximate surface area is 167 Å². The minimum absolute atomic E-state index is 0.0479. The summed E-state index contributed by atoms with van der Waals surface area (Å²) in [5.41, 5.74) is 4.21. The fraction of sp³-hybridized carbons (Fsp3) is 0.130. The van der Waals surface area contributed by atoms with Gasteiger partial charge in [0.2, 0.25) is 5.91 Å². The van der Waals surface area contributed by atoms with Crippen LogP contribution in [0.4, 0.5) is 0 Å². The van der Waals surface area contributed by atoms with Crippen LogP contribution in [0.15, 0.2) is 72.8 Å². The van der Waals surface area contributed by atoms with Crippen LogP contribution in [0.5, 0.6) is 5.75 Å². The molecule has 4 aromatic rings. The molecule has 0 atom stereocenters. The first kappa shape index (κ1) is 18.2. The molecule has 0 saturated heterocycles.